The Kier molecular flexibility index (Phi) is 4.15. The average molecular weight is 244 g/mol. The van der Waals surface area contributed by atoms with Crippen LogP contribution in [0.5, 0.6) is 0 Å². The van der Waals surface area contributed by atoms with Crippen molar-refractivity contribution in [3.05, 3.63) is 53.6 Å². The number of rotatable bonds is 1. The van der Waals surface area contributed by atoms with Crippen LogP contribution in [0.2, 0.25) is 0 Å². The van der Waals surface area contributed by atoms with E-state index in [4.69, 9.17) is 0 Å². The smallest absolute Gasteiger partial charge is 0.747 e. The van der Waals surface area contributed by atoms with Gasteiger partial charge in [0.1, 0.15) is 10.1 Å². The minimum atomic E-state index is -4.39. The number of allylic oxidation sites excluding steroid dienone is 1. The third kappa shape index (κ3) is 2.47. The first-order chi connectivity index (χ1) is 7.00. The van der Waals surface area contributed by atoms with E-state index in [2.05, 4.69) is 6.58 Å². The van der Waals surface area contributed by atoms with E-state index < -0.39 is 15.4 Å². The Morgan fingerprint density at radius 2 is 1.81 bits per heavy atom. The zero-order chi connectivity index (χ0) is 11.1. The first-order valence-corrected chi connectivity index (χ1v) is 5.88. The van der Waals surface area contributed by atoms with Crippen molar-refractivity contribution >= 4 is 16.2 Å². The Balaban J connectivity index is 0.00000128. The quantitative estimate of drug-likeness (QED) is 0.463. The van der Waals surface area contributed by atoms with Gasteiger partial charge in [-0.3, -0.25) is 0 Å². The zero-order valence-corrected chi connectivity index (χ0v) is 11.7. The van der Waals surface area contributed by atoms with Gasteiger partial charge in [0.05, 0.1) is 5.25 Å². The largest absolute Gasteiger partial charge is 1.00 e. The fraction of sp³-hybridized carbons (Fsp3) is 0.0909. The topological polar surface area (TPSA) is 57.2 Å². The fourth-order valence-corrected chi connectivity index (χ4v) is 2.70. The van der Waals surface area contributed by atoms with Crippen LogP contribution in [0.25, 0.3) is 6.08 Å². The molecule has 0 saturated heterocycles. The summed E-state index contributed by atoms with van der Waals surface area (Å²) in [6, 6.07) is 6.93. The normalized spacial score (nSPS) is 18.8. The Labute approximate surface area is 117 Å². The zero-order valence-electron chi connectivity index (χ0n) is 8.88. The summed E-state index contributed by atoms with van der Waals surface area (Å²) in [6.45, 7) is 3.59. The second-order valence-electron chi connectivity index (χ2n) is 3.41. The minimum absolute atomic E-state index is 0. The average Bonchev–Trinajstić information content (AvgIpc) is 2.15. The molecule has 0 spiro atoms. The molecule has 78 valence electrons. The molecule has 1 aromatic rings. The van der Waals surface area contributed by atoms with Crippen molar-refractivity contribution in [1.29, 1.82) is 0 Å². The van der Waals surface area contributed by atoms with Crippen LogP contribution in [0.3, 0.4) is 0 Å². The van der Waals surface area contributed by atoms with Gasteiger partial charge in [-0.05, 0) is 16.7 Å². The Morgan fingerprint density at radius 1 is 1.19 bits per heavy atom. The molecule has 0 heterocycles. The van der Waals surface area contributed by atoms with Crippen LogP contribution >= 0.6 is 0 Å². The van der Waals surface area contributed by atoms with Crippen molar-refractivity contribution in [3.8, 4) is 0 Å². The molecule has 5 heteroatoms. The molecule has 1 unspecified atom stereocenters. The van der Waals surface area contributed by atoms with Gasteiger partial charge in [-0.2, -0.15) is 0 Å². The molecule has 3 nitrogen and oxygen atoms in total. The summed E-state index contributed by atoms with van der Waals surface area (Å²) >= 11 is 0. The van der Waals surface area contributed by atoms with E-state index in [0.717, 1.165) is 5.56 Å². The number of hydrogen-bond acceptors (Lipinski definition) is 3. The van der Waals surface area contributed by atoms with Gasteiger partial charge in [-0.25, -0.2) is 8.42 Å². The molecular formula is C11H9NaO3S. The van der Waals surface area contributed by atoms with Crippen LogP contribution < -0.4 is 29.6 Å². The summed E-state index contributed by atoms with van der Waals surface area (Å²) < 4.78 is 33.3. The van der Waals surface area contributed by atoms with Gasteiger partial charge >= 0.3 is 29.6 Å². The van der Waals surface area contributed by atoms with Crippen LogP contribution in [0, 0.1) is 0 Å². The molecule has 0 amide bonds. The van der Waals surface area contributed by atoms with Gasteiger partial charge in [-0.15, -0.1) is 0 Å². The van der Waals surface area contributed by atoms with Gasteiger partial charge < -0.3 is 4.55 Å². The molecule has 1 atom stereocenters. The molecule has 1 aliphatic rings. The molecular weight excluding hydrogens is 235 g/mol. The molecule has 1 aromatic carbocycles. The van der Waals surface area contributed by atoms with Gasteiger partial charge in [0.25, 0.3) is 0 Å². The number of benzene rings is 1. The SMILES string of the molecule is C=C1C=Cc2ccccc2C1S(=O)(=O)[O-].[Na+]. The van der Waals surface area contributed by atoms with Crippen LogP contribution in [-0.2, 0) is 10.1 Å². The number of hydrogen-bond donors (Lipinski definition) is 0. The maximum atomic E-state index is 11.1. The summed E-state index contributed by atoms with van der Waals surface area (Å²) in [5.41, 5.74) is 1.60. The van der Waals surface area contributed by atoms with E-state index in [1.165, 1.54) is 0 Å². The Hall–Kier alpha value is -0.390. The van der Waals surface area contributed by atoms with E-state index in [-0.39, 0.29) is 29.6 Å². The van der Waals surface area contributed by atoms with E-state index in [0.29, 0.717) is 11.1 Å². The monoisotopic (exact) mass is 244 g/mol. The summed E-state index contributed by atoms with van der Waals surface area (Å²) in [4.78, 5) is 0. The second kappa shape index (κ2) is 4.85. The molecule has 0 N–H and O–H groups in total. The molecule has 0 bridgehead atoms. The van der Waals surface area contributed by atoms with E-state index in [1.54, 1.807) is 36.4 Å². The van der Waals surface area contributed by atoms with Crippen LogP contribution in [0.1, 0.15) is 16.4 Å². The molecule has 16 heavy (non-hydrogen) atoms. The van der Waals surface area contributed by atoms with Crippen LogP contribution in [-0.4, -0.2) is 13.0 Å². The standard InChI is InChI=1S/C11H10O3S.Na/c1-8-6-7-9-4-2-3-5-10(9)11(8)15(12,13)14;/h2-7,11H,1H2,(H,12,13,14);/q;+1/p-1. The van der Waals surface area contributed by atoms with Gasteiger partial charge in [0, 0.05) is 0 Å². The molecule has 0 saturated carbocycles. The van der Waals surface area contributed by atoms with Crippen molar-refractivity contribution in [2.45, 2.75) is 5.25 Å². The molecule has 0 fully saturated rings. The predicted molar refractivity (Wildman–Crippen MR) is 57.1 cm³/mol. The van der Waals surface area contributed by atoms with Crippen LogP contribution in [0.15, 0.2) is 42.5 Å². The fourth-order valence-electron chi connectivity index (χ4n) is 1.73. The van der Waals surface area contributed by atoms with E-state index in [1.807, 2.05) is 0 Å². The predicted octanol–water partition coefficient (Wildman–Crippen LogP) is -1.14. The molecule has 0 radical (unpaired) electrons. The first kappa shape index (κ1) is 13.7. The first-order valence-electron chi connectivity index (χ1n) is 4.40. The van der Waals surface area contributed by atoms with Gasteiger partial charge in [0.15, 0.2) is 0 Å². The Morgan fingerprint density at radius 3 is 2.44 bits per heavy atom. The van der Waals surface area contributed by atoms with Crippen molar-refractivity contribution in [3.63, 3.8) is 0 Å². The minimum Gasteiger partial charge on any atom is -0.747 e. The van der Waals surface area contributed by atoms with E-state index in [9.17, 15) is 13.0 Å². The second-order valence-corrected chi connectivity index (χ2v) is 4.87. The van der Waals surface area contributed by atoms with Crippen LogP contribution in [0.4, 0.5) is 0 Å². The molecule has 2 rings (SSSR count). The third-order valence-electron chi connectivity index (χ3n) is 2.38. The maximum Gasteiger partial charge on any atom is 1.00 e. The van der Waals surface area contributed by atoms with Crippen molar-refractivity contribution in [1.82, 2.24) is 0 Å². The number of fused-ring (bicyclic) bond motifs is 1. The summed E-state index contributed by atoms with van der Waals surface area (Å²) in [5, 5.41) is -1.14. The van der Waals surface area contributed by atoms with E-state index >= 15 is 0 Å². The summed E-state index contributed by atoms with van der Waals surface area (Å²) in [6.07, 6.45) is 3.34. The van der Waals surface area contributed by atoms with Crippen molar-refractivity contribution in [2.24, 2.45) is 0 Å². The van der Waals surface area contributed by atoms with Crippen molar-refractivity contribution in [2.75, 3.05) is 0 Å². The molecule has 0 aromatic heterocycles. The summed E-state index contributed by atoms with van der Waals surface area (Å²) in [7, 11) is -4.39. The van der Waals surface area contributed by atoms with Gasteiger partial charge in [0.2, 0.25) is 0 Å². The molecule has 0 aliphatic heterocycles. The molecule has 1 aliphatic carbocycles. The van der Waals surface area contributed by atoms with Gasteiger partial charge in [-0.1, -0.05) is 43.0 Å². The third-order valence-corrected chi connectivity index (χ3v) is 3.51. The van der Waals surface area contributed by atoms with Crippen molar-refractivity contribution < 1.29 is 42.5 Å². The summed E-state index contributed by atoms with van der Waals surface area (Å²) in [5.74, 6) is 0. The Bertz CT molecular complexity index is 546. The maximum absolute atomic E-state index is 11.1.